The van der Waals surface area contributed by atoms with Gasteiger partial charge in [-0.3, -0.25) is 4.72 Å². The lowest BCUT2D eigenvalue weighted by molar-refractivity contribution is 0.415. The molecule has 0 saturated carbocycles. The highest BCUT2D eigenvalue weighted by atomic mass is 35.5. The third-order valence-corrected chi connectivity index (χ3v) is 4.62. The number of nitrogens with one attached hydrogen (secondary N) is 1. The fourth-order valence-corrected chi connectivity index (χ4v) is 3.07. The first-order chi connectivity index (χ1) is 9.96. The number of halogens is 1. The zero-order valence-corrected chi connectivity index (χ0v) is 12.9. The van der Waals surface area contributed by atoms with Gasteiger partial charge in [0.1, 0.15) is 5.75 Å². The molecule has 2 aromatic rings. The second-order valence-corrected chi connectivity index (χ2v) is 6.38. The van der Waals surface area contributed by atoms with Crippen LogP contribution in [0.25, 0.3) is 0 Å². The SMILES string of the molecule is COc1cccc(NS(=O)(=O)c2ccc(Cl)c(CN)c2)c1. The number of anilines is 1. The van der Waals surface area contributed by atoms with Crippen LogP contribution >= 0.6 is 11.6 Å². The Bertz CT molecular complexity index is 748. The van der Waals surface area contributed by atoms with Crippen LogP contribution in [0.4, 0.5) is 5.69 Å². The maximum atomic E-state index is 12.3. The van der Waals surface area contributed by atoms with E-state index < -0.39 is 10.0 Å². The zero-order valence-electron chi connectivity index (χ0n) is 11.3. The van der Waals surface area contributed by atoms with Gasteiger partial charge in [0, 0.05) is 17.6 Å². The molecule has 0 aliphatic heterocycles. The largest absolute Gasteiger partial charge is 0.497 e. The molecule has 3 N–H and O–H groups in total. The normalized spacial score (nSPS) is 11.2. The predicted octanol–water partition coefficient (Wildman–Crippen LogP) is 2.61. The molecule has 0 bridgehead atoms. The molecular weight excluding hydrogens is 312 g/mol. The van der Waals surface area contributed by atoms with Gasteiger partial charge in [-0.1, -0.05) is 17.7 Å². The van der Waals surface area contributed by atoms with Crippen molar-refractivity contribution in [3.05, 3.63) is 53.1 Å². The van der Waals surface area contributed by atoms with Gasteiger partial charge in [-0.05, 0) is 35.9 Å². The van der Waals surface area contributed by atoms with Crippen LogP contribution in [0.5, 0.6) is 5.75 Å². The average molecular weight is 327 g/mol. The molecule has 112 valence electrons. The summed E-state index contributed by atoms with van der Waals surface area (Å²) in [5, 5.41) is 0.442. The molecule has 0 spiro atoms. The first-order valence-corrected chi connectivity index (χ1v) is 7.98. The summed E-state index contributed by atoms with van der Waals surface area (Å²) in [6.45, 7) is 0.168. The quantitative estimate of drug-likeness (QED) is 0.885. The molecule has 21 heavy (non-hydrogen) atoms. The molecule has 0 unspecified atom stereocenters. The van der Waals surface area contributed by atoms with Crippen LogP contribution < -0.4 is 15.2 Å². The van der Waals surface area contributed by atoms with Crippen molar-refractivity contribution in [1.29, 1.82) is 0 Å². The number of hydrogen-bond donors (Lipinski definition) is 2. The number of sulfonamides is 1. The summed E-state index contributed by atoms with van der Waals surface area (Å²) in [6.07, 6.45) is 0. The van der Waals surface area contributed by atoms with Crippen molar-refractivity contribution < 1.29 is 13.2 Å². The van der Waals surface area contributed by atoms with E-state index in [2.05, 4.69) is 4.72 Å². The Morgan fingerprint density at radius 1 is 1.24 bits per heavy atom. The Labute approximate surface area is 128 Å². The molecule has 0 fully saturated rings. The van der Waals surface area contributed by atoms with Crippen molar-refractivity contribution in [2.45, 2.75) is 11.4 Å². The van der Waals surface area contributed by atoms with Gasteiger partial charge in [0.25, 0.3) is 10.0 Å². The van der Waals surface area contributed by atoms with Crippen molar-refractivity contribution in [3.8, 4) is 5.75 Å². The number of rotatable bonds is 5. The van der Waals surface area contributed by atoms with E-state index in [1.807, 2.05) is 0 Å². The average Bonchev–Trinajstić information content (AvgIpc) is 2.47. The smallest absolute Gasteiger partial charge is 0.261 e. The summed E-state index contributed by atoms with van der Waals surface area (Å²) >= 11 is 5.93. The van der Waals surface area contributed by atoms with E-state index >= 15 is 0 Å². The standard InChI is InChI=1S/C14H15ClN2O3S/c1-20-12-4-2-3-11(8-12)17-21(18,19)13-5-6-14(15)10(7-13)9-16/h2-8,17H,9,16H2,1H3. The van der Waals surface area contributed by atoms with Crippen LogP contribution in [0.2, 0.25) is 5.02 Å². The van der Waals surface area contributed by atoms with Crippen LogP contribution in [0.3, 0.4) is 0 Å². The molecule has 0 amide bonds. The second kappa shape index (κ2) is 6.34. The summed E-state index contributed by atoms with van der Waals surface area (Å²) in [5.41, 5.74) is 6.53. The highest BCUT2D eigenvalue weighted by Gasteiger charge is 2.16. The van der Waals surface area contributed by atoms with Crippen LogP contribution in [0.1, 0.15) is 5.56 Å². The predicted molar refractivity (Wildman–Crippen MR) is 83.1 cm³/mol. The van der Waals surface area contributed by atoms with Gasteiger partial charge in [-0.15, -0.1) is 0 Å². The maximum Gasteiger partial charge on any atom is 0.261 e. The first-order valence-electron chi connectivity index (χ1n) is 6.11. The Hall–Kier alpha value is -1.76. The summed E-state index contributed by atoms with van der Waals surface area (Å²) in [4.78, 5) is 0.107. The molecule has 0 atom stereocenters. The minimum Gasteiger partial charge on any atom is -0.497 e. The van der Waals surface area contributed by atoms with Gasteiger partial charge in [-0.2, -0.15) is 0 Å². The molecule has 0 aliphatic rings. The number of nitrogens with two attached hydrogens (primary N) is 1. The minimum atomic E-state index is -3.71. The molecular formula is C14H15ClN2O3S. The van der Waals surface area contributed by atoms with Crippen molar-refractivity contribution in [2.24, 2.45) is 5.73 Å². The lowest BCUT2D eigenvalue weighted by Gasteiger charge is -2.10. The number of ether oxygens (including phenoxy) is 1. The van der Waals surface area contributed by atoms with Crippen molar-refractivity contribution in [2.75, 3.05) is 11.8 Å². The van der Waals surface area contributed by atoms with Crippen LogP contribution in [-0.4, -0.2) is 15.5 Å². The van der Waals surface area contributed by atoms with E-state index in [0.717, 1.165) is 0 Å². The molecule has 0 heterocycles. The summed E-state index contributed by atoms with van der Waals surface area (Å²) in [7, 11) is -2.19. The van der Waals surface area contributed by atoms with Gasteiger partial charge in [0.2, 0.25) is 0 Å². The molecule has 0 saturated heterocycles. The Kier molecular flexibility index (Phi) is 4.72. The molecule has 0 aromatic heterocycles. The summed E-state index contributed by atoms with van der Waals surface area (Å²) in [6, 6.07) is 11.1. The minimum absolute atomic E-state index is 0.107. The van der Waals surface area contributed by atoms with Crippen LogP contribution in [0, 0.1) is 0 Å². The lowest BCUT2D eigenvalue weighted by Crippen LogP contribution is -2.13. The number of hydrogen-bond acceptors (Lipinski definition) is 4. The van der Waals surface area contributed by atoms with Crippen molar-refractivity contribution >= 4 is 27.3 Å². The van der Waals surface area contributed by atoms with Gasteiger partial charge in [-0.25, -0.2) is 8.42 Å². The van der Waals surface area contributed by atoms with E-state index in [0.29, 0.717) is 22.0 Å². The third kappa shape index (κ3) is 3.66. The van der Waals surface area contributed by atoms with Crippen LogP contribution in [-0.2, 0) is 16.6 Å². The third-order valence-electron chi connectivity index (χ3n) is 2.87. The molecule has 7 heteroatoms. The van der Waals surface area contributed by atoms with E-state index in [4.69, 9.17) is 22.1 Å². The van der Waals surface area contributed by atoms with E-state index in [-0.39, 0.29) is 11.4 Å². The van der Waals surface area contributed by atoms with Crippen molar-refractivity contribution in [3.63, 3.8) is 0 Å². The highest BCUT2D eigenvalue weighted by molar-refractivity contribution is 7.92. The lowest BCUT2D eigenvalue weighted by atomic mass is 10.2. The fraction of sp³-hybridized carbons (Fsp3) is 0.143. The van der Waals surface area contributed by atoms with Crippen LogP contribution in [0.15, 0.2) is 47.4 Å². The fourth-order valence-electron chi connectivity index (χ4n) is 1.78. The molecule has 2 rings (SSSR count). The van der Waals surface area contributed by atoms with E-state index in [9.17, 15) is 8.42 Å². The Balaban J connectivity index is 2.33. The second-order valence-electron chi connectivity index (χ2n) is 4.29. The number of benzene rings is 2. The highest BCUT2D eigenvalue weighted by Crippen LogP contribution is 2.23. The summed E-state index contributed by atoms with van der Waals surface area (Å²) in [5.74, 6) is 0.564. The number of methoxy groups -OCH3 is 1. The van der Waals surface area contributed by atoms with Crippen molar-refractivity contribution in [1.82, 2.24) is 0 Å². The molecule has 5 nitrogen and oxygen atoms in total. The maximum absolute atomic E-state index is 12.3. The van der Waals surface area contributed by atoms with Gasteiger partial charge >= 0.3 is 0 Å². The Morgan fingerprint density at radius 2 is 2.00 bits per heavy atom. The zero-order chi connectivity index (χ0) is 15.5. The molecule has 0 radical (unpaired) electrons. The molecule has 2 aromatic carbocycles. The first kappa shape index (κ1) is 15.6. The molecule has 0 aliphatic carbocycles. The monoisotopic (exact) mass is 326 g/mol. The van der Waals surface area contributed by atoms with Gasteiger partial charge in [0.05, 0.1) is 17.7 Å². The summed E-state index contributed by atoms with van der Waals surface area (Å²) < 4.78 is 32.2. The van der Waals surface area contributed by atoms with Gasteiger partial charge < -0.3 is 10.5 Å². The van der Waals surface area contributed by atoms with E-state index in [1.54, 1.807) is 24.3 Å². The van der Waals surface area contributed by atoms with Gasteiger partial charge in [0.15, 0.2) is 0 Å². The Morgan fingerprint density at radius 3 is 2.67 bits per heavy atom. The van der Waals surface area contributed by atoms with E-state index in [1.165, 1.54) is 25.3 Å². The topological polar surface area (TPSA) is 81.4 Å².